The van der Waals surface area contributed by atoms with Crippen molar-refractivity contribution in [3.05, 3.63) is 66.7 Å². The van der Waals surface area contributed by atoms with Gasteiger partial charge < -0.3 is 9.72 Å². The van der Waals surface area contributed by atoms with E-state index in [1.165, 1.54) is 13.4 Å². The van der Waals surface area contributed by atoms with Crippen LogP contribution < -0.4 is 0 Å². The Morgan fingerprint density at radius 2 is 1.68 bits per heavy atom. The summed E-state index contributed by atoms with van der Waals surface area (Å²) < 4.78 is 4.75. The van der Waals surface area contributed by atoms with Gasteiger partial charge in [0.05, 0.1) is 23.7 Å². The maximum Gasteiger partial charge on any atom is 0.337 e. The van der Waals surface area contributed by atoms with Gasteiger partial charge in [-0.05, 0) is 23.8 Å². The van der Waals surface area contributed by atoms with Crippen molar-refractivity contribution in [1.82, 2.24) is 19.9 Å². The fourth-order valence-corrected chi connectivity index (χ4v) is 2.66. The molecule has 6 heteroatoms. The number of aromatic nitrogens is 4. The molecule has 1 N–H and O–H groups in total. The molecular formula is C19H14N4O2. The zero-order chi connectivity index (χ0) is 17.2. The number of hydrogen-bond donors (Lipinski definition) is 1. The number of fused-ring (bicyclic) bond motifs is 1. The van der Waals surface area contributed by atoms with Crippen LogP contribution in [0.2, 0.25) is 0 Å². The van der Waals surface area contributed by atoms with Crippen LogP contribution in [0.15, 0.2) is 61.2 Å². The first-order valence-electron chi connectivity index (χ1n) is 7.68. The third-order valence-electron chi connectivity index (χ3n) is 3.96. The van der Waals surface area contributed by atoms with E-state index in [0.29, 0.717) is 5.56 Å². The molecule has 6 nitrogen and oxygen atoms in total. The molecule has 2 aromatic heterocycles. The largest absolute Gasteiger partial charge is 0.465 e. The summed E-state index contributed by atoms with van der Waals surface area (Å²) >= 11 is 0. The number of imidazole rings is 1. The van der Waals surface area contributed by atoms with Gasteiger partial charge in [0, 0.05) is 23.5 Å². The highest BCUT2D eigenvalue weighted by Gasteiger charge is 2.10. The molecule has 0 bridgehead atoms. The normalized spacial score (nSPS) is 10.8. The molecule has 0 spiro atoms. The third kappa shape index (κ3) is 2.85. The van der Waals surface area contributed by atoms with Gasteiger partial charge in [-0.25, -0.2) is 19.7 Å². The molecule has 0 fully saturated rings. The summed E-state index contributed by atoms with van der Waals surface area (Å²) in [6.45, 7) is 0. The summed E-state index contributed by atoms with van der Waals surface area (Å²) in [5, 5.41) is 0. The number of rotatable bonds is 3. The van der Waals surface area contributed by atoms with Crippen molar-refractivity contribution >= 4 is 17.0 Å². The quantitative estimate of drug-likeness (QED) is 0.582. The van der Waals surface area contributed by atoms with Gasteiger partial charge in [0.1, 0.15) is 12.2 Å². The van der Waals surface area contributed by atoms with Crippen LogP contribution >= 0.6 is 0 Å². The van der Waals surface area contributed by atoms with Crippen molar-refractivity contribution in [3.63, 3.8) is 0 Å². The van der Waals surface area contributed by atoms with E-state index in [0.717, 1.165) is 33.5 Å². The summed E-state index contributed by atoms with van der Waals surface area (Å²) in [4.78, 5) is 27.5. The molecule has 0 radical (unpaired) electrons. The van der Waals surface area contributed by atoms with Crippen LogP contribution in [0.4, 0.5) is 0 Å². The first-order chi connectivity index (χ1) is 12.2. The van der Waals surface area contributed by atoms with Gasteiger partial charge >= 0.3 is 5.97 Å². The molecule has 0 aliphatic rings. The van der Waals surface area contributed by atoms with Gasteiger partial charge in [-0.15, -0.1) is 0 Å². The van der Waals surface area contributed by atoms with Crippen molar-refractivity contribution in [2.24, 2.45) is 0 Å². The predicted molar refractivity (Wildman–Crippen MR) is 93.9 cm³/mol. The molecule has 2 heterocycles. The monoisotopic (exact) mass is 330 g/mol. The lowest BCUT2D eigenvalue weighted by Gasteiger charge is -2.01. The van der Waals surface area contributed by atoms with E-state index >= 15 is 0 Å². The van der Waals surface area contributed by atoms with Gasteiger partial charge in [0.15, 0.2) is 0 Å². The Balaban J connectivity index is 1.68. The minimum absolute atomic E-state index is 0.368. The highest BCUT2D eigenvalue weighted by atomic mass is 16.5. The number of carbonyl (C=O) groups excluding carboxylic acids is 1. The fourth-order valence-electron chi connectivity index (χ4n) is 2.66. The van der Waals surface area contributed by atoms with Crippen molar-refractivity contribution in [2.75, 3.05) is 7.11 Å². The first kappa shape index (κ1) is 15.0. The summed E-state index contributed by atoms with van der Waals surface area (Å²) in [7, 11) is 1.37. The number of hydrogen-bond acceptors (Lipinski definition) is 5. The second-order valence-corrected chi connectivity index (χ2v) is 5.51. The lowest BCUT2D eigenvalue weighted by atomic mass is 10.1. The van der Waals surface area contributed by atoms with Gasteiger partial charge in [0.25, 0.3) is 0 Å². The molecule has 4 rings (SSSR count). The molecule has 0 saturated heterocycles. The second kappa shape index (κ2) is 6.16. The Morgan fingerprint density at radius 3 is 2.40 bits per heavy atom. The zero-order valence-corrected chi connectivity index (χ0v) is 13.4. The Kier molecular flexibility index (Phi) is 3.70. The van der Waals surface area contributed by atoms with Crippen molar-refractivity contribution in [2.45, 2.75) is 0 Å². The smallest absolute Gasteiger partial charge is 0.337 e. The van der Waals surface area contributed by atoms with Crippen LogP contribution in [-0.2, 0) is 4.74 Å². The highest BCUT2D eigenvalue weighted by molar-refractivity contribution is 5.94. The van der Waals surface area contributed by atoms with E-state index < -0.39 is 0 Å². The molecule has 122 valence electrons. The minimum Gasteiger partial charge on any atom is -0.465 e. The minimum atomic E-state index is -0.368. The van der Waals surface area contributed by atoms with E-state index in [9.17, 15) is 4.79 Å². The zero-order valence-electron chi connectivity index (χ0n) is 13.4. The first-order valence-corrected chi connectivity index (χ1v) is 7.68. The number of H-pyrrole nitrogens is 1. The SMILES string of the molecule is COC(=O)c1ccc2nc(-c3ccc(-c4cncnc4)cc3)[nH]c2c1. The number of nitrogens with zero attached hydrogens (tertiary/aromatic N) is 3. The summed E-state index contributed by atoms with van der Waals surface area (Å²) in [5.41, 5.74) is 5.03. The summed E-state index contributed by atoms with van der Waals surface area (Å²) in [6.07, 6.45) is 5.06. The molecule has 4 aromatic rings. The predicted octanol–water partition coefficient (Wildman–Crippen LogP) is 3.47. The van der Waals surface area contributed by atoms with Crippen molar-refractivity contribution in [3.8, 4) is 22.5 Å². The number of aromatic amines is 1. The lowest BCUT2D eigenvalue weighted by Crippen LogP contribution is -2.00. The van der Waals surface area contributed by atoms with Gasteiger partial charge in [-0.3, -0.25) is 0 Å². The van der Waals surface area contributed by atoms with E-state index in [-0.39, 0.29) is 5.97 Å². The van der Waals surface area contributed by atoms with Crippen molar-refractivity contribution in [1.29, 1.82) is 0 Å². The molecule has 0 unspecified atom stereocenters. The highest BCUT2D eigenvalue weighted by Crippen LogP contribution is 2.24. The van der Waals surface area contributed by atoms with Gasteiger partial charge in [-0.1, -0.05) is 24.3 Å². The summed E-state index contributed by atoms with van der Waals surface area (Å²) in [6, 6.07) is 13.2. The number of methoxy groups -OCH3 is 1. The number of carbonyl (C=O) groups is 1. The lowest BCUT2D eigenvalue weighted by molar-refractivity contribution is 0.0601. The maximum absolute atomic E-state index is 11.6. The van der Waals surface area contributed by atoms with E-state index in [1.807, 2.05) is 24.3 Å². The Hall–Kier alpha value is -3.54. The number of benzene rings is 2. The van der Waals surface area contributed by atoms with Gasteiger partial charge in [0.2, 0.25) is 0 Å². The van der Waals surface area contributed by atoms with Crippen LogP contribution in [0.1, 0.15) is 10.4 Å². The molecule has 0 saturated carbocycles. The third-order valence-corrected chi connectivity index (χ3v) is 3.96. The molecule has 0 aliphatic heterocycles. The molecule has 0 atom stereocenters. The van der Waals surface area contributed by atoms with E-state index in [2.05, 4.69) is 19.9 Å². The Labute approximate surface area is 143 Å². The molecule has 0 aliphatic carbocycles. The van der Waals surface area contributed by atoms with E-state index in [4.69, 9.17) is 4.74 Å². The average molecular weight is 330 g/mol. The number of nitrogens with one attached hydrogen (secondary N) is 1. The van der Waals surface area contributed by atoms with Crippen LogP contribution in [0.5, 0.6) is 0 Å². The van der Waals surface area contributed by atoms with Crippen LogP contribution in [0, 0.1) is 0 Å². The number of ether oxygens (including phenoxy) is 1. The van der Waals surface area contributed by atoms with Crippen LogP contribution in [0.25, 0.3) is 33.5 Å². The van der Waals surface area contributed by atoms with E-state index in [1.54, 1.807) is 30.6 Å². The molecular weight excluding hydrogens is 316 g/mol. The molecule has 25 heavy (non-hydrogen) atoms. The molecule has 0 amide bonds. The average Bonchev–Trinajstić information content (AvgIpc) is 3.11. The maximum atomic E-state index is 11.6. The standard InChI is InChI=1S/C19H14N4O2/c1-25-19(24)14-6-7-16-17(8-14)23-18(22-16)13-4-2-12(3-5-13)15-9-20-11-21-10-15/h2-11H,1H3,(H,22,23). The Morgan fingerprint density at radius 1 is 0.960 bits per heavy atom. The second-order valence-electron chi connectivity index (χ2n) is 5.51. The Bertz CT molecular complexity index is 1040. The van der Waals surface area contributed by atoms with Crippen molar-refractivity contribution < 1.29 is 9.53 Å². The topological polar surface area (TPSA) is 80.8 Å². The number of esters is 1. The van der Waals surface area contributed by atoms with Crippen LogP contribution in [0.3, 0.4) is 0 Å². The van der Waals surface area contributed by atoms with Gasteiger partial charge in [-0.2, -0.15) is 0 Å². The van der Waals surface area contributed by atoms with Crippen LogP contribution in [-0.4, -0.2) is 33.0 Å². The fraction of sp³-hybridized carbons (Fsp3) is 0.0526. The summed E-state index contributed by atoms with van der Waals surface area (Å²) in [5.74, 6) is 0.375. The molecule has 2 aromatic carbocycles.